The number of amides is 2. The van der Waals surface area contributed by atoms with Gasteiger partial charge in [0.15, 0.2) is 0 Å². The van der Waals surface area contributed by atoms with E-state index in [0.29, 0.717) is 17.7 Å². The normalized spacial score (nSPS) is 25.4. The van der Waals surface area contributed by atoms with Crippen LogP contribution in [0.4, 0.5) is 0 Å². The van der Waals surface area contributed by atoms with E-state index in [2.05, 4.69) is 15.9 Å². The second-order valence-electron chi connectivity index (χ2n) is 5.54. The molecule has 2 aliphatic rings. The molecule has 4 nitrogen and oxygen atoms in total. The molecule has 1 heterocycles. The van der Waals surface area contributed by atoms with Gasteiger partial charge in [-0.1, -0.05) is 22.4 Å². The van der Waals surface area contributed by atoms with E-state index in [1.54, 1.807) is 18.2 Å². The third-order valence-corrected chi connectivity index (χ3v) is 4.89. The van der Waals surface area contributed by atoms with E-state index in [-0.39, 0.29) is 30.3 Å². The van der Waals surface area contributed by atoms with Crippen LogP contribution in [0, 0.1) is 11.8 Å². The van der Waals surface area contributed by atoms with Crippen molar-refractivity contribution in [2.45, 2.75) is 19.3 Å². The molecule has 0 bridgehead atoms. The predicted molar refractivity (Wildman–Crippen MR) is 77.4 cm³/mol. The summed E-state index contributed by atoms with van der Waals surface area (Å²) in [5, 5.41) is 9.36. The zero-order valence-corrected chi connectivity index (χ0v) is 12.6. The summed E-state index contributed by atoms with van der Waals surface area (Å²) in [4.78, 5) is 26.0. The highest BCUT2D eigenvalue weighted by atomic mass is 79.9. The summed E-state index contributed by atoms with van der Waals surface area (Å²) < 4.78 is 0.799. The van der Waals surface area contributed by atoms with E-state index in [0.717, 1.165) is 23.7 Å². The molecule has 0 radical (unpaired) electrons. The number of rotatable bonds is 3. The molecular formula is C15H16BrNO3. The van der Waals surface area contributed by atoms with Crippen LogP contribution in [-0.4, -0.2) is 35.0 Å². The average molecular weight is 338 g/mol. The third-order valence-electron chi connectivity index (χ3n) is 4.40. The molecule has 20 heavy (non-hydrogen) atoms. The molecular weight excluding hydrogens is 322 g/mol. The molecule has 2 unspecified atom stereocenters. The fraction of sp³-hybridized carbons (Fsp3) is 0.467. The Labute approximate surface area is 125 Å². The Morgan fingerprint density at radius 3 is 2.60 bits per heavy atom. The Balaban J connectivity index is 1.83. The molecule has 1 saturated carbocycles. The molecule has 0 saturated heterocycles. The summed E-state index contributed by atoms with van der Waals surface area (Å²) in [5.41, 5.74) is 0.958. The summed E-state index contributed by atoms with van der Waals surface area (Å²) in [6.45, 7) is 0.564. The third kappa shape index (κ3) is 2.19. The lowest BCUT2D eigenvalue weighted by atomic mass is 9.96. The van der Waals surface area contributed by atoms with E-state index >= 15 is 0 Å². The second kappa shape index (κ2) is 5.30. The summed E-state index contributed by atoms with van der Waals surface area (Å²) in [6.07, 6.45) is 3.02. The van der Waals surface area contributed by atoms with Gasteiger partial charge in [-0.3, -0.25) is 14.5 Å². The van der Waals surface area contributed by atoms with Gasteiger partial charge >= 0.3 is 0 Å². The Morgan fingerprint density at radius 2 is 1.85 bits per heavy atom. The van der Waals surface area contributed by atoms with Gasteiger partial charge in [0.1, 0.15) is 0 Å². The maximum absolute atomic E-state index is 12.4. The summed E-state index contributed by atoms with van der Waals surface area (Å²) in [7, 11) is 0. The molecule has 1 fully saturated rings. The van der Waals surface area contributed by atoms with Crippen LogP contribution in [0.5, 0.6) is 0 Å². The summed E-state index contributed by atoms with van der Waals surface area (Å²) >= 11 is 3.33. The zero-order valence-electron chi connectivity index (χ0n) is 11.0. The van der Waals surface area contributed by atoms with Crippen LogP contribution < -0.4 is 0 Å². The first-order valence-corrected chi connectivity index (χ1v) is 7.67. The van der Waals surface area contributed by atoms with Crippen molar-refractivity contribution < 1.29 is 14.7 Å². The van der Waals surface area contributed by atoms with Crippen molar-refractivity contribution in [1.29, 1.82) is 0 Å². The van der Waals surface area contributed by atoms with E-state index in [4.69, 9.17) is 0 Å². The summed E-state index contributed by atoms with van der Waals surface area (Å²) in [5.74, 6) is 0.0210. The highest BCUT2D eigenvalue weighted by molar-refractivity contribution is 9.10. The quantitative estimate of drug-likeness (QED) is 0.862. The van der Waals surface area contributed by atoms with Crippen LogP contribution in [0.2, 0.25) is 0 Å². The molecule has 5 heteroatoms. The number of aliphatic hydroxyl groups excluding tert-OH is 1. The van der Waals surface area contributed by atoms with E-state index in [9.17, 15) is 14.7 Å². The molecule has 2 atom stereocenters. The Kier molecular flexibility index (Phi) is 3.65. The van der Waals surface area contributed by atoms with Crippen molar-refractivity contribution in [3.8, 4) is 0 Å². The molecule has 0 spiro atoms. The SMILES string of the molecule is O=C1c2ccc(Br)cc2C(=O)N1CC1CCCC1CO. The zero-order chi connectivity index (χ0) is 14.3. The molecule has 3 rings (SSSR count). The second-order valence-corrected chi connectivity index (χ2v) is 6.46. The lowest BCUT2D eigenvalue weighted by molar-refractivity contribution is 0.0602. The minimum Gasteiger partial charge on any atom is -0.396 e. The van der Waals surface area contributed by atoms with E-state index in [1.165, 1.54) is 4.90 Å². The number of fused-ring (bicyclic) bond motifs is 1. The lowest BCUT2D eigenvalue weighted by Crippen LogP contribution is -2.36. The minimum absolute atomic E-state index is 0.138. The molecule has 2 amide bonds. The van der Waals surface area contributed by atoms with Gasteiger partial charge in [0, 0.05) is 17.6 Å². The van der Waals surface area contributed by atoms with Crippen LogP contribution in [0.25, 0.3) is 0 Å². The standard InChI is InChI=1S/C15H16BrNO3/c16-11-4-5-12-13(6-11)15(20)17(14(12)19)7-9-2-1-3-10(9)8-18/h4-6,9-10,18H,1-3,7-8H2. The monoisotopic (exact) mass is 337 g/mol. The highest BCUT2D eigenvalue weighted by Gasteiger charge is 2.39. The maximum atomic E-state index is 12.4. The first-order chi connectivity index (χ1) is 9.61. The van der Waals surface area contributed by atoms with Gasteiger partial charge in [0.05, 0.1) is 11.1 Å². The summed E-state index contributed by atoms with van der Waals surface area (Å²) in [6, 6.07) is 5.17. The Bertz CT molecular complexity index is 572. The van der Waals surface area contributed by atoms with Crippen molar-refractivity contribution >= 4 is 27.7 Å². The Morgan fingerprint density at radius 1 is 1.15 bits per heavy atom. The number of carbonyl (C=O) groups excluding carboxylic acids is 2. The predicted octanol–water partition coefficient (Wildman–Crippen LogP) is 2.45. The molecule has 0 aromatic heterocycles. The molecule has 1 N–H and O–H groups in total. The molecule has 1 aliphatic heterocycles. The molecule has 1 aromatic carbocycles. The van der Waals surface area contributed by atoms with Gasteiger partial charge < -0.3 is 5.11 Å². The maximum Gasteiger partial charge on any atom is 0.261 e. The first kappa shape index (κ1) is 13.8. The van der Waals surface area contributed by atoms with Gasteiger partial charge in [-0.05, 0) is 42.9 Å². The first-order valence-electron chi connectivity index (χ1n) is 6.88. The number of carbonyl (C=O) groups is 2. The largest absolute Gasteiger partial charge is 0.396 e. The van der Waals surface area contributed by atoms with Crippen LogP contribution in [-0.2, 0) is 0 Å². The van der Waals surface area contributed by atoms with Gasteiger partial charge in [-0.25, -0.2) is 0 Å². The molecule has 106 valence electrons. The molecule has 1 aromatic rings. The number of aliphatic hydroxyl groups is 1. The van der Waals surface area contributed by atoms with Crippen molar-refractivity contribution in [3.63, 3.8) is 0 Å². The minimum atomic E-state index is -0.213. The fourth-order valence-corrected chi connectivity index (χ4v) is 3.62. The van der Waals surface area contributed by atoms with Crippen molar-refractivity contribution in [2.24, 2.45) is 11.8 Å². The van der Waals surface area contributed by atoms with Crippen LogP contribution >= 0.6 is 15.9 Å². The van der Waals surface area contributed by atoms with Crippen molar-refractivity contribution in [1.82, 2.24) is 4.90 Å². The fourth-order valence-electron chi connectivity index (χ4n) is 3.26. The number of hydrogen-bond donors (Lipinski definition) is 1. The van der Waals surface area contributed by atoms with E-state index in [1.807, 2.05) is 0 Å². The smallest absolute Gasteiger partial charge is 0.261 e. The number of benzene rings is 1. The van der Waals surface area contributed by atoms with Crippen LogP contribution in [0.1, 0.15) is 40.0 Å². The highest BCUT2D eigenvalue weighted by Crippen LogP contribution is 2.34. The Hall–Kier alpha value is -1.20. The van der Waals surface area contributed by atoms with Crippen LogP contribution in [0.3, 0.4) is 0 Å². The topological polar surface area (TPSA) is 57.6 Å². The van der Waals surface area contributed by atoms with Gasteiger partial charge in [-0.15, -0.1) is 0 Å². The average Bonchev–Trinajstić information content (AvgIpc) is 2.98. The number of imide groups is 1. The lowest BCUT2D eigenvalue weighted by Gasteiger charge is -2.22. The number of nitrogens with zero attached hydrogens (tertiary/aromatic N) is 1. The van der Waals surface area contributed by atoms with E-state index < -0.39 is 0 Å². The van der Waals surface area contributed by atoms with Gasteiger partial charge in [-0.2, -0.15) is 0 Å². The van der Waals surface area contributed by atoms with Crippen molar-refractivity contribution in [2.75, 3.05) is 13.2 Å². The van der Waals surface area contributed by atoms with Crippen LogP contribution in [0.15, 0.2) is 22.7 Å². The number of hydrogen-bond acceptors (Lipinski definition) is 3. The van der Waals surface area contributed by atoms with Gasteiger partial charge in [0.25, 0.3) is 11.8 Å². The molecule has 1 aliphatic carbocycles. The number of halogens is 1. The van der Waals surface area contributed by atoms with Crippen molar-refractivity contribution in [3.05, 3.63) is 33.8 Å². The van der Waals surface area contributed by atoms with Gasteiger partial charge in [0.2, 0.25) is 0 Å².